The van der Waals surface area contributed by atoms with E-state index in [4.69, 9.17) is 14.8 Å². The van der Waals surface area contributed by atoms with E-state index in [-0.39, 0.29) is 11.7 Å². The van der Waals surface area contributed by atoms with Crippen LogP contribution in [-0.2, 0) is 6.54 Å². The second-order valence-electron chi connectivity index (χ2n) is 8.27. The van der Waals surface area contributed by atoms with E-state index in [1.165, 1.54) is 12.1 Å². The first-order chi connectivity index (χ1) is 16.0. The van der Waals surface area contributed by atoms with Crippen LogP contribution in [-0.4, -0.2) is 36.4 Å². The molecule has 4 aromatic rings. The number of hydrogen-bond donors (Lipinski definition) is 0. The van der Waals surface area contributed by atoms with E-state index in [9.17, 15) is 4.39 Å². The fourth-order valence-corrected chi connectivity index (χ4v) is 4.26. The van der Waals surface area contributed by atoms with E-state index < -0.39 is 0 Å². The molecule has 0 bridgehead atoms. The molecular formula is C25H25FN6O. The third kappa shape index (κ3) is 4.16. The van der Waals surface area contributed by atoms with Crippen LogP contribution in [0.3, 0.4) is 0 Å². The Labute approximate surface area is 191 Å². The summed E-state index contributed by atoms with van der Waals surface area (Å²) in [6.07, 6.45) is 7.60. The molecule has 3 aromatic heterocycles. The zero-order valence-electron chi connectivity index (χ0n) is 18.9. The maximum atomic E-state index is 13.4. The number of methoxy groups -OCH3 is 1. The lowest BCUT2D eigenvalue weighted by Crippen LogP contribution is -2.17. The van der Waals surface area contributed by atoms with Crippen LogP contribution in [0.4, 0.5) is 4.39 Å². The highest BCUT2D eigenvalue weighted by atomic mass is 19.1. The molecule has 1 aliphatic heterocycles. The van der Waals surface area contributed by atoms with Gasteiger partial charge in [0.15, 0.2) is 5.82 Å². The second kappa shape index (κ2) is 8.61. The Morgan fingerprint density at radius 2 is 1.97 bits per heavy atom. The maximum Gasteiger partial charge on any atom is 0.238 e. The van der Waals surface area contributed by atoms with E-state index in [1.807, 2.05) is 59.6 Å². The van der Waals surface area contributed by atoms with E-state index in [0.29, 0.717) is 11.7 Å². The second-order valence-corrected chi connectivity index (χ2v) is 8.27. The lowest BCUT2D eigenvalue weighted by Gasteiger charge is -2.22. The molecule has 0 amide bonds. The number of benzene rings is 1. The number of pyridine rings is 1. The van der Waals surface area contributed by atoms with Crippen molar-refractivity contribution in [2.45, 2.75) is 39.2 Å². The Hall–Kier alpha value is -3.81. The summed E-state index contributed by atoms with van der Waals surface area (Å²) in [4.78, 5) is 13.8. The zero-order valence-corrected chi connectivity index (χ0v) is 18.9. The molecule has 5 rings (SSSR count). The largest absolute Gasteiger partial charge is 0.479 e. The Balaban J connectivity index is 1.45. The van der Waals surface area contributed by atoms with Crippen LogP contribution in [0.1, 0.15) is 54.3 Å². The van der Waals surface area contributed by atoms with Gasteiger partial charge >= 0.3 is 0 Å². The average molecular weight is 445 g/mol. The molecule has 1 aromatic carbocycles. The predicted molar refractivity (Wildman–Crippen MR) is 124 cm³/mol. The normalized spacial score (nSPS) is 16.0. The van der Waals surface area contributed by atoms with Crippen molar-refractivity contribution in [3.63, 3.8) is 0 Å². The van der Waals surface area contributed by atoms with Gasteiger partial charge in [-0.2, -0.15) is 5.10 Å². The molecule has 0 aliphatic carbocycles. The minimum absolute atomic E-state index is 0.116. The Bertz CT molecular complexity index is 1320. The minimum atomic E-state index is -0.229. The highest BCUT2D eigenvalue weighted by Crippen LogP contribution is 2.32. The smallest absolute Gasteiger partial charge is 0.238 e. The Morgan fingerprint density at radius 3 is 2.70 bits per heavy atom. The molecule has 1 atom stereocenters. The number of nitrogens with zero attached hydrogens (tertiary/aromatic N) is 6. The molecule has 0 unspecified atom stereocenters. The number of imidazole rings is 1. The molecule has 0 fully saturated rings. The van der Waals surface area contributed by atoms with Crippen molar-refractivity contribution in [2.75, 3.05) is 7.11 Å². The molecule has 7 nitrogen and oxygen atoms in total. The van der Waals surface area contributed by atoms with Gasteiger partial charge in [-0.25, -0.2) is 24.0 Å². The van der Waals surface area contributed by atoms with Crippen molar-refractivity contribution in [1.29, 1.82) is 0 Å². The van der Waals surface area contributed by atoms with Crippen molar-refractivity contribution in [1.82, 2.24) is 29.3 Å². The van der Waals surface area contributed by atoms with Crippen molar-refractivity contribution >= 4 is 11.6 Å². The molecule has 0 saturated heterocycles. The standard InChI is InChI=1S/C25H25FN6O/c1-16(21-10-11-22(25(28-21)33-3)31-14-17(2)27-15-31)13-23-29-24-20(5-4-12-32(24)30-23)18-6-8-19(26)9-7-18/h6-11,13-15,20H,4-5,12H2,1-3H3/t20-/m1/s1. The molecule has 8 heteroatoms. The molecule has 33 heavy (non-hydrogen) atoms. The first-order valence-corrected chi connectivity index (χ1v) is 11.0. The van der Waals surface area contributed by atoms with Gasteiger partial charge in [-0.15, -0.1) is 0 Å². The van der Waals surface area contributed by atoms with Crippen molar-refractivity contribution < 1.29 is 9.13 Å². The van der Waals surface area contributed by atoms with Crippen LogP contribution in [0.25, 0.3) is 17.3 Å². The maximum absolute atomic E-state index is 13.4. The summed E-state index contributed by atoms with van der Waals surface area (Å²) < 4.78 is 22.8. The van der Waals surface area contributed by atoms with Gasteiger partial charge in [0, 0.05) is 18.7 Å². The zero-order chi connectivity index (χ0) is 22.9. The van der Waals surface area contributed by atoms with E-state index in [0.717, 1.165) is 53.4 Å². The SMILES string of the molecule is COc1nc(C(C)=Cc2nc3n(n2)CCC[C@@H]3c2ccc(F)cc2)ccc1-n1cnc(C)c1. The van der Waals surface area contributed by atoms with Crippen molar-refractivity contribution in [2.24, 2.45) is 0 Å². The summed E-state index contributed by atoms with van der Waals surface area (Å²) in [6.45, 7) is 4.76. The molecule has 168 valence electrons. The van der Waals surface area contributed by atoms with Gasteiger partial charge < -0.3 is 9.30 Å². The van der Waals surface area contributed by atoms with Gasteiger partial charge in [-0.3, -0.25) is 0 Å². The number of aromatic nitrogens is 6. The van der Waals surface area contributed by atoms with E-state index in [1.54, 1.807) is 13.4 Å². The number of rotatable bonds is 5. The van der Waals surface area contributed by atoms with E-state index >= 15 is 0 Å². The van der Waals surface area contributed by atoms with Gasteiger partial charge in [0.1, 0.15) is 17.3 Å². The number of ether oxygens (including phenoxy) is 1. The number of aryl methyl sites for hydroxylation is 2. The monoisotopic (exact) mass is 444 g/mol. The van der Waals surface area contributed by atoms with Crippen LogP contribution in [0, 0.1) is 12.7 Å². The summed E-state index contributed by atoms with van der Waals surface area (Å²) >= 11 is 0. The fourth-order valence-electron chi connectivity index (χ4n) is 4.26. The number of fused-ring (bicyclic) bond motifs is 1. The van der Waals surface area contributed by atoms with Gasteiger partial charge in [0.05, 0.1) is 24.8 Å². The van der Waals surface area contributed by atoms with Gasteiger partial charge in [0.2, 0.25) is 5.88 Å². The first kappa shape index (κ1) is 21.1. The summed E-state index contributed by atoms with van der Waals surface area (Å²) in [5, 5.41) is 4.70. The number of halogens is 1. The van der Waals surface area contributed by atoms with Crippen LogP contribution < -0.4 is 4.74 Å². The lowest BCUT2D eigenvalue weighted by molar-refractivity contribution is 0.395. The molecule has 0 radical (unpaired) electrons. The van der Waals surface area contributed by atoms with Gasteiger partial charge in [-0.05, 0) is 68.2 Å². The summed E-state index contributed by atoms with van der Waals surface area (Å²) in [6, 6.07) is 10.6. The summed E-state index contributed by atoms with van der Waals surface area (Å²) in [5.41, 5.74) is 4.53. The summed E-state index contributed by atoms with van der Waals surface area (Å²) in [7, 11) is 1.61. The average Bonchev–Trinajstić information content (AvgIpc) is 3.44. The van der Waals surface area contributed by atoms with Crippen molar-refractivity contribution in [3.05, 3.63) is 83.3 Å². The predicted octanol–water partition coefficient (Wildman–Crippen LogP) is 4.80. The van der Waals surface area contributed by atoms with Crippen molar-refractivity contribution in [3.8, 4) is 11.6 Å². The van der Waals surface area contributed by atoms with E-state index in [2.05, 4.69) is 9.97 Å². The van der Waals surface area contributed by atoms with Crippen LogP contribution in [0.5, 0.6) is 5.88 Å². The Morgan fingerprint density at radius 1 is 1.15 bits per heavy atom. The third-order valence-corrected chi connectivity index (χ3v) is 5.94. The Kier molecular flexibility index (Phi) is 5.50. The third-order valence-electron chi connectivity index (χ3n) is 5.94. The summed E-state index contributed by atoms with van der Waals surface area (Å²) in [5.74, 6) is 1.97. The lowest BCUT2D eigenvalue weighted by atomic mass is 9.91. The van der Waals surface area contributed by atoms with Crippen LogP contribution in [0.2, 0.25) is 0 Å². The topological polar surface area (TPSA) is 70.7 Å². The highest BCUT2D eigenvalue weighted by Gasteiger charge is 2.25. The van der Waals surface area contributed by atoms with Gasteiger partial charge in [-0.1, -0.05) is 12.1 Å². The molecule has 0 N–H and O–H groups in total. The van der Waals surface area contributed by atoms with Gasteiger partial charge in [0.25, 0.3) is 0 Å². The first-order valence-electron chi connectivity index (χ1n) is 11.0. The highest BCUT2D eigenvalue weighted by molar-refractivity contribution is 5.77. The molecule has 0 spiro atoms. The van der Waals surface area contributed by atoms with Crippen LogP contribution >= 0.6 is 0 Å². The number of hydrogen-bond acceptors (Lipinski definition) is 5. The fraction of sp³-hybridized carbons (Fsp3) is 0.280. The number of allylic oxidation sites excluding steroid dienone is 1. The van der Waals surface area contributed by atoms with Crippen LogP contribution in [0.15, 0.2) is 48.9 Å². The molecular weight excluding hydrogens is 419 g/mol. The molecule has 0 saturated carbocycles. The minimum Gasteiger partial charge on any atom is -0.479 e. The quantitative estimate of drug-likeness (QED) is 0.442. The molecule has 4 heterocycles. The molecule has 1 aliphatic rings.